The number of rotatable bonds is 5. The van der Waals surface area contributed by atoms with Crippen LogP contribution in [0.2, 0.25) is 0 Å². The van der Waals surface area contributed by atoms with E-state index in [9.17, 15) is 14.7 Å². The van der Waals surface area contributed by atoms with Gasteiger partial charge in [0.05, 0.1) is 24.5 Å². The summed E-state index contributed by atoms with van der Waals surface area (Å²) in [6.45, 7) is 6.93. The highest BCUT2D eigenvalue weighted by Crippen LogP contribution is 2.23. The lowest BCUT2D eigenvalue weighted by atomic mass is 10.1. The molecule has 3 heterocycles. The molecule has 0 radical (unpaired) electrons. The van der Waals surface area contributed by atoms with E-state index in [0.717, 1.165) is 31.7 Å². The van der Waals surface area contributed by atoms with Crippen molar-refractivity contribution in [1.82, 2.24) is 29.3 Å². The van der Waals surface area contributed by atoms with Crippen LogP contribution in [0.25, 0.3) is 22.6 Å². The molecule has 1 aliphatic heterocycles. The topological polar surface area (TPSA) is 107 Å². The minimum absolute atomic E-state index is 0.0309. The number of amides is 1. The van der Waals surface area contributed by atoms with Crippen molar-refractivity contribution in [2.24, 2.45) is 5.92 Å². The number of fused-ring (bicyclic) bond motifs is 1. The molecular formula is C22H28N6O3. The summed E-state index contributed by atoms with van der Waals surface area (Å²) in [7, 11) is 2.06. The van der Waals surface area contributed by atoms with Crippen molar-refractivity contribution in [3.8, 4) is 11.3 Å². The number of aromatic nitrogens is 4. The molecule has 0 saturated carbocycles. The first-order valence-electron chi connectivity index (χ1n) is 10.6. The smallest absolute Gasteiger partial charge is 0.329 e. The molecule has 1 aliphatic rings. The summed E-state index contributed by atoms with van der Waals surface area (Å²) in [4.78, 5) is 41.0. The maximum atomic E-state index is 12.8. The number of nitrogens with one attached hydrogen (secondary N) is 1. The number of hydrogen-bond donors (Lipinski definition) is 2. The SMILES string of the molecule is CC(C)[C@@H](CO)n1c(=O)[nH]c2ncc(-c3ccc(C(=O)N4CCN(C)CC4)cc3)nc21. The van der Waals surface area contributed by atoms with Gasteiger partial charge in [0, 0.05) is 37.3 Å². The Morgan fingerprint density at radius 3 is 2.45 bits per heavy atom. The summed E-state index contributed by atoms with van der Waals surface area (Å²) in [5.74, 6) is 0.0791. The van der Waals surface area contributed by atoms with E-state index in [1.54, 1.807) is 18.3 Å². The average molecular weight is 425 g/mol. The summed E-state index contributed by atoms with van der Waals surface area (Å²) in [6.07, 6.45) is 1.60. The number of aliphatic hydroxyl groups excluding tert-OH is 1. The molecule has 9 heteroatoms. The first kappa shape index (κ1) is 21.2. The van der Waals surface area contributed by atoms with Crippen LogP contribution in [0.5, 0.6) is 0 Å². The molecule has 1 atom stereocenters. The summed E-state index contributed by atoms with van der Waals surface area (Å²) in [5.41, 5.74) is 2.49. The van der Waals surface area contributed by atoms with Gasteiger partial charge in [-0.25, -0.2) is 14.8 Å². The molecule has 31 heavy (non-hydrogen) atoms. The van der Waals surface area contributed by atoms with E-state index in [1.165, 1.54) is 4.57 Å². The summed E-state index contributed by atoms with van der Waals surface area (Å²) < 4.78 is 1.47. The Kier molecular flexibility index (Phi) is 5.88. The quantitative estimate of drug-likeness (QED) is 0.641. The predicted octanol–water partition coefficient (Wildman–Crippen LogP) is 1.36. The Morgan fingerprint density at radius 2 is 1.84 bits per heavy atom. The maximum absolute atomic E-state index is 12.8. The number of benzene rings is 1. The second kappa shape index (κ2) is 8.60. The van der Waals surface area contributed by atoms with Crippen LogP contribution in [0, 0.1) is 5.92 Å². The molecule has 2 N–H and O–H groups in total. The first-order valence-corrected chi connectivity index (χ1v) is 10.6. The number of nitrogens with zero attached hydrogens (tertiary/aromatic N) is 5. The summed E-state index contributed by atoms with van der Waals surface area (Å²) >= 11 is 0. The minimum Gasteiger partial charge on any atom is -0.394 e. The average Bonchev–Trinajstić information content (AvgIpc) is 3.09. The summed E-state index contributed by atoms with van der Waals surface area (Å²) in [5, 5.41) is 9.78. The van der Waals surface area contributed by atoms with Gasteiger partial charge in [0.2, 0.25) is 0 Å². The van der Waals surface area contributed by atoms with Gasteiger partial charge in [-0.3, -0.25) is 14.3 Å². The van der Waals surface area contributed by atoms with Crippen LogP contribution in [-0.4, -0.2) is 80.2 Å². The molecular weight excluding hydrogens is 396 g/mol. The van der Waals surface area contributed by atoms with E-state index in [0.29, 0.717) is 22.6 Å². The fraction of sp³-hybridized carbons (Fsp3) is 0.455. The first-order chi connectivity index (χ1) is 14.9. The van der Waals surface area contributed by atoms with Crippen molar-refractivity contribution in [1.29, 1.82) is 0 Å². The molecule has 4 rings (SSSR count). The van der Waals surface area contributed by atoms with Gasteiger partial charge in [0.15, 0.2) is 11.3 Å². The molecule has 1 aromatic carbocycles. The highest BCUT2D eigenvalue weighted by Gasteiger charge is 2.22. The highest BCUT2D eigenvalue weighted by molar-refractivity contribution is 5.94. The van der Waals surface area contributed by atoms with E-state index >= 15 is 0 Å². The number of carbonyl (C=O) groups is 1. The van der Waals surface area contributed by atoms with Crippen LogP contribution in [0.15, 0.2) is 35.3 Å². The van der Waals surface area contributed by atoms with Crippen molar-refractivity contribution >= 4 is 17.2 Å². The normalized spacial score (nSPS) is 16.2. The number of imidazole rings is 1. The lowest BCUT2D eigenvalue weighted by Gasteiger charge is -2.32. The maximum Gasteiger partial charge on any atom is 0.329 e. The zero-order valence-electron chi connectivity index (χ0n) is 18.1. The fourth-order valence-corrected chi connectivity index (χ4v) is 3.91. The van der Waals surface area contributed by atoms with Gasteiger partial charge >= 0.3 is 5.69 Å². The largest absolute Gasteiger partial charge is 0.394 e. The third kappa shape index (κ3) is 4.11. The second-order valence-electron chi connectivity index (χ2n) is 8.39. The number of aromatic amines is 1. The van der Waals surface area contributed by atoms with E-state index in [2.05, 4.69) is 26.9 Å². The van der Waals surface area contributed by atoms with Crippen molar-refractivity contribution in [2.45, 2.75) is 19.9 Å². The fourth-order valence-electron chi connectivity index (χ4n) is 3.91. The minimum atomic E-state index is -0.394. The van der Waals surface area contributed by atoms with Crippen molar-refractivity contribution < 1.29 is 9.90 Å². The Labute approximate surface area is 180 Å². The second-order valence-corrected chi connectivity index (χ2v) is 8.39. The predicted molar refractivity (Wildman–Crippen MR) is 118 cm³/mol. The number of hydrogen-bond acceptors (Lipinski definition) is 6. The molecule has 0 aliphatic carbocycles. The molecule has 164 valence electrons. The lowest BCUT2D eigenvalue weighted by Crippen LogP contribution is -2.47. The van der Waals surface area contributed by atoms with Crippen molar-refractivity contribution in [3.63, 3.8) is 0 Å². The van der Waals surface area contributed by atoms with Crippen molar-refractivity contribution in [3.05, 3.63) is 46.5 Å². The molecule has 1 amide bonds. The molecule has 9 nitrogen and oxygen atoms in total. The van der Waals surface area contributed by atoms with Gasteiger partial charge in [0.1, 0.15) is 0 Å². The lowest BCUT2D eigenvalue weighted by molar-refractivity contribution is 0.0664. The van der Waals surface area contributed by atoms with Crippen LogP contribution in [0.1, 0.15) is 30.2 Å². The molecule has 1 fully saturated rings. The van der Waals surface area contributed by atoms with Gasteiger partial charge in [-0.15, -0.1) is 0 Å². The third-order valence-corrected chi connectivity index (χ3v) is 5.93. The highest BCUT2D eigenvalue weighted by atomic mass is 16.3. The Hall–Kier alpha value is -3.04. The van der Waals surface area contributed by atoms with Gasteiger partial charge in [0.25, 0.3) is 5.91 Å². The molecule has 0 bridgehead atoms. The number of likely N-dealkylation sites (N-methyl/N-ethyl adjacent to an activating group) is 1. The zero-order valence-corrected chi connectivity index (χ0v) is 18.1. The van der Waals surface area contributed by atoms with Crippen LogP contribution >= 0.6 is 0 Å². The van der Waals surface area contributed by atoms with Crippen LogP contribution in [-0.2, 0) is 0 Å². The van der Waals surface area contributed by atoms with Gasteiger partial charge in [-0.2, -0.15) is 0 Å². The Morgan fingerprint density at radius 1 is 1.16 bits per heavy atom. The van der Waals surface area contributed by atoms with Gasteiger partial charge in [-0.05, 0) is 25.1 Å². The molecule has 3 aromatic rings. The van der Waals surface area contributed by atoms with E-state index < -0.39 is 6.04 Å². The summed E-state index contributed by atoms with van der Waals surface area (Å²) in [6, 6.07) is 6.91. The van der Waals surface area contributed by atoms with E-state index in [-0.39, 0.29) is 24.1 Å². The third-order valence-electron chi connectivity index (χ3n) is 5.93. The van der Waals surface area contributed by atoms with Crippen LogP contribution in [0.4, 0.5) is 0 Å². The number of aliphatic hydroxyl groups is 1. The molecule has 0 spiro atoms. The Bertz CT molecular complexity index is 1130. The van der Waals surface area contributed by atoms with Gasteiger partial charge < -0.3 is 14.9 Å². The van der Waals surface area contributed by atoms with E-state index in [1.807, 2.05) is 30.9 Å². The van der Waals surface area contributed by atoms with Crippen LogP contribution < -0.4 is 5.69 Å². The van der Waals surface area contributed by atoms with Gasteiger partial charge in [-0.1, -0.05) is 26.0 Å². The van der Waals surface area contributed by atoms with Crippen molar-refractivity contribution in [2.75, 3.05) is 39.8 Å². The zero-order chi connectivity index (χ0) is 22.1. The molecule has 0 unspecified atom stereocenters. The standard InChI is InChI=1S/C22H28N6O3/c1-14(2)18(13-29)28-20-19(25-22(28)31)23-12-17(24-20)15-4-6-16(7-5-15)21(30)27-10-8-26(3)9-11-27/h4-7,12,14,18,29H,8-11,13H2,1-3H3,(H,23,25,31)/t18-/m1/s1. The monoisotopic (exact) mass is 424 g/mol. The number of H-pyrrole nitrogens is 1. The number of piperazine rings is 1. The molecule has 2 aromatic heterocycles. The van der Waals surface area contributed by atoms with Crippen LogP contribution in [0.3, 0.4) is 0 Å². The number of carbonyl (C=O) groups excluding carboxylic acids is 1. The Balaban J connectivity index is 1.63. The molecule has 1 saturated heterocycles. The van der Waals surface area contributed by atoms with E-state index in [4.69, 9.17) is 0 Å².